The maximum absolute atomic E-state index is 10.8. The first-order valence-corrected chi connectivity index (χ1v) is 7.38. The van der Waals surface area contributed by atoms with E-state index in [2.05, 4.69) is 22.2 Å². The highest BCUT2D eigenvalue weighted by molar-refractivity contribution is 7.18. The summed E-state index contributed by atoms with van der Waals surface area (Å²) in [6.07, 6.45) is 2.32. The molecule has 0 unspecified atom stereocenters. The van der Waals surface area contributed by atoms with Crippen molar-refractivity contribution >= 4 is 38.7 Å². The van der Waals surface area contributed by atoms with Gasteiger partial charge in [-0.05, 0) is 18.6 Å². The molecule has 1 aromatic carbocycles. The molecule has 0 aliphatic heterocycles. The Balaban J connectivity index is 2.04. The number of aromatic nitrogens is 2. The van der Waals surface area contributed by atoms with Gasteiger partial charge in [-0.2, -0.15) is 0 Å². The van der Waals surface area contributed by atoms with Gasteiger partial charge in [-0.1, -0.05) is 6.92 Å². The predicted octanol–water partition coefficient (Wildman–Crippen LogP) is 3.61. The Labute approximate surface area is 129 Å². The van der Waals surface area contributed by atoms with Gasteiger partial charge in [0.15, 0.2) is 0 Å². The SMILES string of the molecule is CCc1cc2c(Nc3cc([N+](=O)[O-])ccc3O)ncnc2s1. The molecule has 3 rings (SSSR count). The highest BCUT2D eigenvalue weighted by atomic mass is 32.1. The number of benzene rings is 1. The third-order valence-corrected chi connectivity index (χ3v) is 4.36. The lowest BCUT2D eigenvalue weighted by Gasteiger charge is -2.08. The van der Waals surface area contributed by atoms with Crippen LogP contribution in [0.15, 0.2) is 30.6 Å². The summed E-state index contributed by atoms with van der Waals surface area (Å²) in [4.78, 5) is 20.7. The van der Waals surface area contributed by atoms with Gasteiger partial charge in [0, 0.05) is 17.0 Å². The van der Waals surface area contributed by atoms with E-state index in [1.807, 2.05) is 6.07 Å². The van der Waals surface area contributed by atoms with Gasteiger partial charge < -0.3 is 10.4 Å². The zero-order chi connectivity index (χ0) is 15.7. The van der Waals surface area contributed by atoms with Crippen molar-refractivity contribution in [2.45, 2.75) is 13.3 Å². The van der Waals surface area contributed by atoms with Crippen molar-refractivity contribution in [1.29, 1.82) is 0 Å². The molecule has 0 aliphatic rings. The number of anilines is 2. The highest BCUT2D eigenvalue weighted by Gasteiger charge is 2.13. The number of nitro groups is 1. The van der Waals surface area contributed by atoms with Crippen molar-refractivity contribution < 1.29 is 10.0 Å². The van der Waals surface area contributed by atoms with Crippen molar-refractivity contribution in [2.24, 2.45) is 0 Å². The fourth-order valence-corrected chi connectivity index (χ4v) is 2.98. The molecule has 0 atom stereocenters. The number of rotatable bonds is 4. The van der Waals surface area contributed by atoms with E-state index in [0.717, 1.165) is 16.6 Å². The van der Waals surface area contributed by atoms with Crippen molar-refractivity contribution in [2.75, 3.05) is 5.32 Å². The molecule has 112 valence electrons. The molecule has 7 nitrogen and oxygen atoms in total. The maximum atomic E-state index is 10.8. The molecule has 8 heteroatoms. The number of hydrogen-bond donors (Lipinski definition) is 2. The Morgan fingerprint density at radius 2 is 2.18 bits per heavy atom. The van der Waals surface area contributed by atoms with Crippen LogP contribution >= 0.6 is 11.3 Å². The van der Waals surface area contributed by atoms with Crippen molar-refractivity contribution in [3.05, 3.63) is 45.6 Å². The molecule has 0 amide bonds. The summed E-state index contributed by atoms with van der Waals surface area (Å²) in [6.45, 7) is 2.05. The molecule has 2 heterocycles. The number of phenols is 1. The number of hydrogen-bond acceptors (Lipinski definition) is 7. The number of fused-ring (bicyclic) bond motifs is 1. The molecule has 0 saturated heterocycles. The first-order chi connectivity index (χ1) is 10.6. The summed E-state index contributed by atoms with van der Waals surface area (Å²) in [5.41, 5.74) is 0.128. The van der Waals surface area contributed by atoms with E-state index in [-0.39, 0.29) is 17.1 Å². The average molecular weight is 316 g/mol. The molecule has 0 spiro atoms. The van der Waals surface area contributed by atoms with Crippen LogP contribution in [0.1, 0.15) is 11.8 Å². The summed E-state index contributed by atoms with van der Waals surface area (Å²) in [5.74, 6) is 0.431. The van der Waals surface area contributed by atoms with Crippen molar-refractivity contribution in [3.8, 4) is 5.75 Å². The molecule has 0 radical (unpaired) electrons. The van der Waals surface area contributed by atoms with Gasteiger partial charge in [0.05, 0.1) is 16.0 Å². The number of non-ortho nitro benzene ring substituents is 1. The van der Waals surface area contributed by atoms with Crippen LogP contribution in [0.4, 0.5) is 17.2 Å². The standard InChI is InChI=1S/C14H12N4O3S/c1-2-9-6-10-13(15-7-16-14(10)22-9)17-11-5-8(18(20)21)3-4-12(11)19/h3-7,19H,2H2,1H3,(H,15,16,17). The molecule has 0 aliphatic carbocycles. The van der Waals surface area contributed by atoms with Crippen LogP contribution in [0.5, 0.6) is 5.75 Å². The second-order valence-electron chi connectivity index (χ2n) is 4.59. The Morgan fingerprint density at radius 1 is 1.36 bits per heavy atom. The molecule has 2 N–H and O–H groups in total. The Hall–Kier alpha value is -2.74. The normalized spacial score (nSPS) is 10.8. The molecule has 2 aromatic heterocycles. The molecule has 0 bridgehead atoms. The number of aryl methyl sites for hydroxylation is 1. The van der Waals surface area contributed by atoms with Gasteiger partial charge >= 0.3 is 0 Å². The van der Waals surface area contributed by atoms with E-state index in [4.69, 9.17) is 0 Å². The lowest BCUT2D eigenvalue weighted by atomic mass is 10.2. The van der Waals surface area contributed by atoms with Crippen LogP contribution in [-0.2, 0) is 6.42 Å². The van der Waals surface area contributed by atoms with Gasteiger partial charge in [-0.25, -0.2) is 9.97 Å². The molecule has 0 saturated carbocycles. The van der Waals surface area contributed by atoms with Crippen LogP contribution in [0.2, 0.25) is 0 Å². The summed E-state index contributed by atoms with van der Waals surface area (Å²) >= 11 is 1.57. The molecule has 3 aromatic rings. The number of aromatic hydroxyl groups is 1. The number of thiophene rings is 1. The third kappa shape index (κ3) is 2.56. The predicted molar refractivity (Wildman–Crippen MR) is 84.8 cm³/mol. The van der Waals surface area contributed by atoms with Crippen molar-refractivity contribution in [1.82, 2.24) is 9.97 Å². The van der Waals surface area contributed by atoms with E-state index in [0.29, 0.717) is 5.82 Å². The minimum Gasteiger partial charge on any atom is -0.506 e. The average Bonchev–Trinajstić information content (AvgIpc) is 2.93. The molecule has 22 heavy (non-hydrogen) atoms. The van der Waals surface area contributed by atoms with Crippen LogP contribution in [0.3, 0.4) is 0 Å². The second kappa shape index (κ2) is 5.57. The zero-order valence-electron chi connectivity index (χ0n) is 11.6. The van der Waals surface area contributed by atoms with E-state index in [1.54, 1.807) is 11.3 Å². The summed E-state index contributed by atoms with van der Waals surface area (Å²) in [5, 5.41) is 24.5. The Morgan fingerprint density at radius 3 is 2.91 bits per heavy atom. The fraction of sp³-hybridized carbons (Fsp3) is 0.143. The smallest absolute Gasteiger partial charge is 0.271 e. The van der Waals surface area contributed by atoms with Gasteiger partial charge in [0.25, 0.3) is 5.69 Å². The first-order valence-electron chi connectivity index (χ1n) is 6.56. The highest BCUT2D eigenvalue weighted by Crippen LogP contribution is 2.34. The van der Waals surface area contributed by atoms with E-state index < -0.39 is 4.92 Å². The Bertz CT molecular complexity index is 862. The van der Waals surface area contributed by atoms with Crippen LogP contribution in [0.25, 0.3) is 10.2 Å². The van der Waals surface area contributed by atoms with Gasteiger partial charge in [0.1, 0.15) is 22.7 Å². The van der Waals surface area contributed by atoms with Crippen LogP contribution in [-0.4, -0.2) is 20.0 Å². The topological polar surface area (TPSA) is 101 Å². The maximum Gasteiger partial charge on any atom is 0.271 e. The third-order valence-electron chi connectivity index (χ3n) is 3.17. The molecule has 0 fully saturated rings. The lowest BCUT2D eigenvalue weighted by molar-refractivity contribution is -0.384. The number of nitrogens with one attached hydrogen (secondary N) is 1. The van der Waals surface area contributed by atoms with Crippen LogP contribution in [0, 0.1) is 10.1 Å². The van der Waals surface area contributed by atoms with Gasteiger partial charge in [-0.3, -0.25) is 10.1 Å². The largest absolute Gasteiger partial charge is 0.506 e. The minimum absolute atomic E-state index is 0.0803. The second-order valence-corrected chi connectivity index (χ2v) is 5.71. The summed E-state index contributed by atoms with van der Waals surface area (Å²) < 4.78 is 0. The zero-order valence-corrected chi connectivity index (χ0v) is 12.4. The van der Waals surface area contributed by atoms with E-state index in [9.17, 15) is 15.2 Å². The number of nitrogens with zero attached hydrogens (tertiary/aromatic N) is 3. The monoisotopic (exact) mass is 316 g/mol. The van der Waals surface area contributed by atoms with Gasteiger partial charge in [0.2, 0.25) is 0 Å². The van der Waals surface area contributed by atoms with Crippen molar-refractivity contribution in [3.63, 3.8) is 0 Å². The Kier molecular flexibility index (Phi) is 3.60. The summed E-state index contributed by atoms with van der Waals surface area (Å²) in [7, 11) is 0. The quantitative estimate of drug-likeness (QED) is 0.433. The van der Waals surface area contributed by atoms with Crippen LogP contribution < -0.4 is 5.32 Å². The van der Waals surface area contributed by atoms with E-state index in [1.165, 1.54) is 29.4 Å². The lowest BCUT2D eigenvalue weighted by Crippen LogP contribution is -1.96. The minimum atomic E-state index is -0.514. The summed E-state index contributed by atoms with van der Waals surface area (Å²) in [6, 6.07) is 5.78. The molecular formula is C14H12N4O3S. The first kappa shape index (κ1) is 14.2. The fourth-order valence-electron chi connectivity index (χ4n) is 2.04. The number of phenolic OH excluding ortho intramolecular Hbond substituents is 1. The van der Waals surface area contributed by atoms with Gasteiger partial charge in [-0.15, -0.1) is 11.3 Å². The number of nitro benzene ring substituents is 1. The molecular weight excluding hydrogens is 304 g/mol. The van der Waals surface area contributed by atoms with E-state index >= 15 is 0 Å².